The molecule has 0 aliphatic carbocycles. The van der Waals surface area contributed by atoms with Gasteiger partial charge in [-0.15, -0.1) is 11.3 Å². The summed E-state index contributed by atoms with van der Waals surface area (Å²) >= 11 is 1.57. The monoisotopic (exact) mass is 227 g/mol. The van der Waals surface area contributed by atoms with E-state index in [1.165, 1.54) is 0 Å². The van der Waals surface area contributed by atoms with E-state index in [0.717, 1.165) is 23.8 Å². The number of rotatable bonds is 6. The van der Waals surface area contributed by atoms with Gasteiger partial charge in [-0.3, -0.25) is 4.79 Å². The van der Waals surface area contributed by atoms with Crippen LogP contribution in [0.25, 0.3) is 0 Å². The van der Waals surface area contributed by atoms with Crippen molar-refractivity contribution in [3.05, 3.63) is 11.1 Å². The molecule has 0 atom stereocenters. The van der Waals surface area contributed by atoms with Crippen LogP contribution >= 0.6 is 11.3 Å². The molecular weight excluding hydrogens is 210 g/mol. The molecule has 1 aromatic rings. The van der Waals surface area contributed by atoms with Gasteiger partial charge in [-0.1, -0.05) is 6.92 Å². The summed E-state index contributed by atoms with van der Waals surface area (Å²) in [4.78, 5) is 15.5. The highest BCUT2D eigenvalue weighted by molar-refractivity contribution is 7.13. The highest BCUT2D eigenvalue weighted by Crippen LogP contribution is 2.14. The molecule has 0 spiro atoms. The fourth-order valence-corrected chi connectivity index (χ4v) is 1.91. The molecule has 5 heteroatoms. The van der Waals surface area contributed by atoms with Gasteiger partial charge in [0.05, 0.1) is 12.2 Å². The Morgan fingerprint density at radius 1 is 1.53 bits per heavy atom. The Morgan fingerprint density at radius 3 is 3.00 bits per heavy atom. The Labute approximate surface area is 94.1 Å². The second kappa shape index (κ2) is 6.40. The molecule has 0 aliphatic heterocycles. The number of nitrogens with zero attached hydrogens (tertiary/aromatic N) is 1. The van der Waals surface area contributed by atoms with Crippen LogP contribution in [0.1, 0.15) is 32.4 Å². The minimum atomic E-state index is 0.0931. The van der Waals surface area contributed by atoms with E-state index in [1.54, 1.807) is 11.3 Å². The summed E-state index contributed by atoms with van der Waals surface area (Å²) < 4.78 is 0. The van der Waals surface area contributed by atoms with Crippen molar-refractivity contribution in [1.82, 2.24) is 10.3 Å². The van der Waals surface area contributed by atoms with Crippen LogP contribution < -0.4 is 10.6 Å². The Balaban J connectivity index is 2.34. The zero-order valence-corrected chi connectivity index (χ0v) is 9.99. The van der Waals surface area contributed by atoms with Gasteiger partial charge in [0.2, 0.25) is 5.91 Å². The van der Waals surface area contributed by atoms with E-state index in [4.69, 9.17) is 0 Å². The first-order valence-electron chi connectivity index (χ1n) is 5.21. The minimum absolute atomic E-state index is 0.0931. The molecule has 0 fully saturated rings. The van der Waals surface area contributed by atoms with E-state index in [0.29, 0.717) is 13.0 Å². The Hall–Kier alpha value is -1.10. The maximum atomic E-state index is 11.2. The summed E-state index contributed by atoms with van der Waals surface area (Å²) in [5.74, 6) is 0.0931. The van der Waals surface area contributed by atoms with E-state index < -0.39 is 0 Å². The zero-order chi connectivity index (χ0) is 11.1. The molecule has 1 rings (SSSR count). The highest BCUT2D eigenvalue weighted by Gasteiger charge is 2.03. The lowest BCUT2D eigenvalue weighted by Crippen LogP contribution is -2.22. The van der Waals surface area contributed by atoms with E-state index in [2.05, 4.69) is 15.6 Å². The summed E-state index contributed by atoms with van der Waals surface area (Å²) in [6.45, 7) is 5.42. The van der Waals surface area contributed by atoms with E-state index in [1.807, 2.05) is 19.2 Å². The number of nitrogens with one attached hydrogen (secondary N) is 2. The molecule has 1 heterocycles. The van der Waals surface area contributed by atoms with Gasteiger partial charge >= 0.3 is 0 Å². The number of amides is 1. The van der Waals surface area contributed by atoms with Gasteiger partial charge in [0.1, 0.15) is 0 Å². The van der Waals surface area contributed by atoms with Gasteiger partial charge in [0, 0.05) is 18.3 Å². The molecular formula is C10H17N3OS. The first-order valence-corrected chi connectivity index (χ1v) is 6.09. The van der Waals surface area contributed by atoms with Crippen molar-refractivity contribution in [2.45, 2.75) is 33.2 Å². The SMILES string of the molecule is CCCC(=O)NCc1csc(NCC)n1. The zero-order valence-electron chi connectivity index (χ0n) is 9.17. The molecule has 0 saturated heterocycles. The summed E-state index contributed by atoms with van der Waals surface area (Å²) in [6, 6.07) is 0. The van der Waals surface area contributed by atoms with Crippen LogP contribution in [0, 0.1) is 0 Å². The van der Waals surface area contributed by atoms with Crippen molar-refractivity contribution in [3.63, 3.8) is 0 Å². The van der Waals surface area contributed by atoms with Crippen molar-refractivity contribution >= 4 is 22.4 Å². The summed E-state index contributed by atoms with van der Waals surface area (Å²) in [6.07, 6.45) is 1.47. The minimum Gasteiger partial charge on any atom is -0.362 e. The highest BCUT2D eigenvalue weighted by atomic mass is 32.1. The fourth-order valence-electron chi connectivity index (χ4n) is 1.13. The molecule has 1 amide bonds. The van der Waals surface area contributed by atoms with Crippen LogP contribution in [0.3, 0.4) is 0 Å². The molecule has 0 aromatic carbocycles. The van der Waals surface area contributed by atoms with Gasteiger partial charge in [-0.05, 0) is 13.3 Å². The number of hydrogen-bond acceptors (Lipinski definition) is 4. The number of hydrogen-bond donors (Lipinski definition) is 2. The third-order valence-corrected chi connectivity index (χ3v) is 2.67. The van der Waals surface area contributed by atoms with Crippen molar-refractivity contribution in [2.24, 2.45) is 0 Å². The van der Waals surface area contributed by atoms with Crippen LogP contribution in [0.15, 0.2) is 5.38 Å². The van der Waals surface area contributed by atoms with Gasteiger partial charge in [0.25, 0.3) is 0 Å². The van der Waals surface area contributed by atoms with Gasteiger partial charge in [-0.2, -0.15) is 0 Å². The number of anilines is 1. The second-order valence-corrected chi connectivity index (χ2v) is 4.06. The predicted octanol–water partition coefficient (Wildman–Crippen LogP) is 1.99. The topological polar surface area (TPSA) is 54.0 Å². The standard InChI is InChI=1S/C10H17N3OS/c1-3-5-9(14)12-6-8-7-15-10(13-8)11-4-2/h7H,3-6H2,1-2H3,(H,11,13)(H,12,14). The van der Waals surface area contributed by atoms with Gasteiger partial charge in [-0.25, -0.2) is 4.98 Å². The molecule has 0 aliphatic rings. The molecule has 0 unspecified atom stereocenters. The lowest BCUT2D eigenvalue weighted by atomic mass is 10.3. The predicted molar refractivity (Wildman–Crippen MR) is 63.0 cm³/mol. The van der Waals surface area contributed by atoms with E-state index in [9.17, 15) is 4.79 Å². The normalized spacial score (nSPS) is 10.0. The van der Waals surface area contributed by atoms with Crippen LogP contribution in [0.4, 0.5) is 5.13 Å². The maximum Gasteiger partial charge on any atom is 0.220 e. The van der Waals surface area contributed by atoms with E-state index in [-0.39, 0.29) is 5.91 Å². The molecule has 0 radical (unpaired) electrons. The lowest BCUT2D eigenvalue weighted by Gasteiger charge is -2.00. The molecule has 1 aromatic heterocycles. The fraction of sp³-hybridized carbons (Fsp3) is 0.600. The summed E-state index contributed by atoms with van der Waals surface area (Å²) in [5, 5.41) is 8.84. The van der Waals surface area contributed by atoms with Crippen molar-refractivity contribution in [3.8, 4) is 0 Å². The lowest BCUT2D eigenvalue weighted by molar-refractivity contribution is -0.121. The second-order valence-electron chi connectivity index (χ2n) is 3.20. The number of thiazole rings is 1. The number of carbonyl (C=O) groups excluding carboxylic acids is 1. The van der Waals surface area contributed by atoms with Crippen LogP contribution in [0.2, 0.25) is 0 Å². The molecule has 0 saturated carbocycles. The number of aromatic nitrogens is 1. The number of carbonyl (C=O) groups is 1. The van der Waals surface area contributed by atoms with Gasteiger partial charge < -0.3 is 10.6 Å². The third-order valence-electron chi connectivity index (χ3n) is 1.82. The summed E-state index contributed by atoms with van der Waals surface area (Å²) in [5.41, 5.74) is 0.917. The smallest absolute Gasteiger partial charge is 0.220 e. The molecule has 2 N–H and O–H groups in total. The van der Waals surface area contributed by atoms with Crippen LogP contribution in [-0.4, -0.2) is 17.4 Å². The third kappa shape index (κ3) is 4.29. The Kier molecular flexibility index (Phi) is 5.10. The van der Waals surface area contributed by atoms with Crippen LogP contribution in [0.5, 0.6) is 0 Å². The van der Waals surface area contributed by atoms with E-state index >= 15 is 0 Å². The van der Waals surface area contributed by atoms with Crippen molar-refractivity contribution in [2.75, 3.05) is 11.9 Å². The first kappa shape index (κ1) is 12.0. The Morgan fingerprint density at radius 2 is 2.33 bits per heavy atom. The molecule has 84 valence electrons. The largest absolute Gasteiger partial charge is 0.362 e. The molecule has 15 heavy (non-hydrogen) atoms. The van der Waals surface area contributed by atoms with Crippen molar-refractivity contribution < 1.29 is 4.79 Å². The average molecular weight is 227 g/mol. The van der Waals surface area contributed by atoms with Gasteiger partial charge in [0.15, 0.2) is 5.13 Å². The first-order chi connectivity index (χ1) is 7.26. The molecule has 4 nitrogen and oxygen atoms in total. The average Bonchev–Trinajstić information content (AvgIpc) is 2.64. The maximum absolute atomic E-state index is 11.2. The summed E-state index contributed by atoms with van der Waals surface area (Å²) in [7, 11) is 0. The molecule has 0 bridgehead atoms. The van der Waals surface area contributed by atoms with Crippen LogP contribution in [-0.2, 0) is 11.3 Å². The van der Waals surface area contributed by atoms with Crippen molar-refractivity contribution in [1.29, 1.82) is 0 Å². The Bertz CT molecular complexity index is 311. The quantitative estimate of drug-likeness (QED) is 0.781.